The zero-order valence-electron chi connectivity index (χ0n) is 6.17. The van der Waals surface area contributed by atoms with Crippen molar-refractivity contribution in [3.8, 4) is 0 Å². The molecule has 0 saturated carbocycles. The number of halogens is 1. The first kappa shape index (κ1) is 9.21. The van der Waals surface area contributed by atoms with E-state index < -0.39 is 0 Å². The first-order valence-corrected chi connectivity index (χ1v) is 3.46. The molecule has 0 amide bonds. The topological polar surface area (TPSA) is 13.1 Å². The van der Waals surface area contributed by atoms with E-state index in [0.717, 1.165) is 12.2 Å². The largest absolute Gasteiger partial charge is 0.469 e. The molecule has 0 bridgehead atoms. The van der Waals surface area contributed by atoms with Crippen LogP contribution in [0, 0.1) is 0 Å². The second kappa shape index (κ2) is 5.03. The number of aryl methyl sites for hydroxylation is 1. The highest BCUT2D eigenvalue weighted by Gasteiger charge is 1.91. The van der Waals surface area contributed by atoms with Crippen LogP contribution in [0.4, 0.5) is 4.70 Å². The van der Waals surface area contributed by atoms with E-state index in [4.69, 9.17) is 4.42 Å². The fourth-order valence-corrected chi connectivity index (χ4v) is 0.806. The average molecular weight is 144 g/mol. The monoisotopic (exact) mass is 144 g/mol. The first-order chi connectivity index (χ1) is 4.43. The molecule has 2 heteroatoms. The zero-order chi connectivity index (χ0) is 6.53. The van der Waals surface area contributed by atoms with Gasteiger partial charge in [0.05, 0.1) is 6.26 Å². The highest BCUT2D eigenvalue weighted by molar-refractivity contribution is 4.97. The maximum atomic E-state index is 5.14. The summed E-state index contributed by atoms with van der Waals surface area (Å²) in [5.74, 6) is 1.11. The van der Waals surface area contributed by atoms with Crippen molar-refractivity contribution in [1.82, 2.24) is 0 Å². The normalized spacial score (nSPS) is 8.90. The van der Waals surface area contributed by atoms with E-state index in [2.05, 4.69) is 6.92 Å². The minimum Gasteiger partial charge on any atom is -0.469 e. The second-order valence-electron chi connectivity index (χ2n) is 2.18. The molecule has 0 atom stereocenters. The van der Waals surface area contributed by atoms with Crippen molar-refractivity contribution in [3.63, 3.8) is 0 Å². The molecule has 1 nitrogen and oxygen atoms in total. The van der Waals surface area contributed by atoms with Crippen LogP contribution in [0.25, 0.3) is 0 Å². The quantitative estimate of drug-likeness (QED) is 0.635. The van der Waals surface area contributed by atoms with Crippen molar-refractivity contribution in [2.45, 2.75) is 26.2 Å². The second-order valence-corrected chi connectivity index (χ2v) is 2.18. The lowest BCUT2D eigenvalue weighted by Crippen LogP contribution is -1.77. The Morgan fingerprint density at radius 1 is 1.50 bits per heavy atom. The third-order valence-electron chi connectivity index (χ3n) is 1.36. The summed E-state index contributed by atoms with van der Waals surface area (Å²) in [6.45, 7) is 2.18. The van der Waals surface area contributed by atoms with Crippen molar-refractivity contribution in [2.24, 2.45) is 0 Å². The van der Waals surface area contributed by atoms with Crippen molar-refractivity contribution in [3.05, 3.63) is 24.2 Å². The number of furan rings is 1. The third kappa shape index (κ3) is 2.67. The molecule has 0 aliphatic carbocycles. The van der Waals surface area contributed by atoms with Crippen molar-refractivity contribution >= 4 is 0 Å². The van der Waals surface area contributed by atoms with Crippen LogP contribution in [0.2, 0.25) is 0 Å². The number of rotatable bonds is 3. The summed E-state index contributed by atoms with van der Waals surface area (Å²) in [6.07, 6.45) is 5.28. The molecule has 0 radical (unpaired) electrons. The Morgan fingerprint density at radius 3 is 2.80 bits per heavy atom. The van der Waals surface area contributed by atoms with Crippen LogP contribution in [0.1, 0.15) is 25.5 Å². The van der Waals surface area contributed by atoms with Gasteiger partial charge in [-0.05, 0) is 18.6 Å². The molecule has 58 valence electrons. The summed E-state index contributed by atoms with van der Waals surface area (Å²) in [5.41, 5.74) is 0. The van der Waals surface area contributed by atoms with Crippen molar-refractivity contribution in [2.75, 3.05) is 0 Å². The van der Waals surface area contributed by atoms with Gasteiger partial charge in [-0.3, -0.25) is 4.70 Å². The minimum absolute atomic E-state index is 0. The van der Waals surface area contributed by atoms with Crippen LogP contribution in [0.15, 0.2) is 22.8 Å². The molecule has 0 N–H and O–H groups in total. The lowest BCUT2D eigenvalue weighted by molar-refractivity contribution is 0.500. The molecule has 0 fully saturated rings. The Hall–Kier alpha value is -0.790. The molecule has 0 aromatic carbocycles. The summed E-state index contributed by atoms with van der Waals surface area (Å²) in [5, 5.41) is 0. The van der Waals surface area contributed by atoms with Crippen LogP contribution in [0.3, 0.4) is 0 Å². The Balaban J connectivity index is 0.000000810. The summed E-state index contributed by atoms with van der Waals surface area (Å²) < 4.78 is 5.14. The Morgan fingerprint density at radius 2 is 2.30 bits per heavy atom. The van der Waals surface area contributed by atoms with E-state index >= 15 is 0 Å². The first-order valence-electron chi connectivity index (χ1n) is 3.46. The fourth-order valence-electron chi connectivity index (χ4n) is 0.806. The van der Waals surface area contributed by atoms with E-state index in [0.29, 0.717) is 0 Å². The minimum atomic E-state index is 0. The molecule has 1 rings (SSSR count). The lowest BCUT2D eigenvalue weighted by atomic mass is 10.2. The van der Waals surface area contributed by atoms with E-state index in [1.54, 1.807) is 6.26 Å². The third-order valence-corrected chi connectivity index (χ3v) is 1.36. The Labute approximate surface area is 60.4 Å². The van der Waals surface area contributed by atoms with Crippen LogP contribution >= 0.6 is 0 Å². The molecule has 1 aromatic rings. The van der Waals surface area contributed by atoms with Gasteiger partial charge >= 0.3 is 0 Å². The lowest BCUT2D eigenvalue weighted by Gasteiger charge is -1.90. The predicted molar refractivity (Wildman–Crippen MR) is 39.8 cm³/mol. The number of hydrogen-bond acceptors (Lipinski definition) is 1. The smallest absolute Gasteiger partial charge is 0.103 e. The van der Waals surface area contributed by atoms with Gasteiger partial charge in [-0.2, -0.15) is 0 Å². The molecule has 0 spiro atoms. The zero-order valence-corrected chi connectivity index (χ0v) is 6.17. The molecule has 0 saturated heterocycles. The SMILES string of the molecule is CCCCc1ccco1.F. The maximum Gasteiger partial charge on any atom is 0.103 e. The predicted octanol–water partition coefficient (Wildman–Crippen LogP) is 2.77. The van der Waals surface area contributed by atoms with Crippen LogP contribution in [0.5, 0.6) is 0 Å². The van der Waals surface area contributed by atoms with E-state index in [1.807, 2.05) is 12.1 Å². The molecule has 1 heterocycles. The van der Waals surface area contributed by atoms with Gasteiger partial charge in [0.15, 0.2) is 0 Å². The molecular formula is C8H13FO. The van der Waals surface area contributed by atoms with Gasteiger partial charge in [0.25, 0.3) is 0 Å². The maximum absolute atomic E-state index is 5.14. The number of unbranched alkanes of at least 4 members (excludes halogenated alkanes) is 1. The van der Waals surface area contributed by atoms with Gasteiger partial charge in [0, 0.05) is 6.42 Å². The van der Waals surface area contributed by atoms with E-state index in [9.17, 15) is 0 Å². The molecule has 10 heavy (non-hydrogen) atoms. The molecule has 0 aliphatic rings. The van der Waals surface area contributed by atoms with E-state index in [1.165, 1.54) is 12.8 Å². The van der Waals surface area contributed by atoms with E-state index in [-0.39, 0.29) is 4.70 Å². The van der Waals surface area contributed by atoms with Crippen LogP contribution in [-0.4, -0.2) is 0 Å². The molecule has 0 unspecified atom stereocenters. The Kier molecular flexibility index (Phi) is 4.63. The molecule has 0 aliphatic heterocycles. The fraction of sp³-hybridized carbons (Fsp3) is 0.500. The van der Waals surface area contributed by atoms with Gasteiger partial charge in [0.2, 0.25) is 0 Å². The van der Waals surface area contributed by atoms with Gasteiger partial charge in [-0.15, -0.1) is 0 Å². The number of hydrogen-bond donors (Lipinski definition) is 0. The summed E-state index contributed by atoms with van der Waals surface area (Å²) in [4.78, 5) is 0. The summed E-state index contributed by atoms with van der Waals surface area (Å²) in [7, 11) is 0. The standard InChI is InChI=1S/C8H12O.FH/c1-2-3-5-8-6-4-7-9-8;/h4,6-7H,2-3,5H2,1H3;1H. The van der Waals surface area contributed by atoms with Crippen molar-refractivity contribution in [1.29, 1.82) is 0 Å². The van der Waals surface area contributed by atoms with Gasteiger partial charge < -0.3 is 4.42 Å². The van der Waals surface area contributed by atoms with Gasteiger partial charge in [0.1, 0.15) is 5.76 Å². The highest BCUT2D eigenvalue weighted by Crippen LogP contribution is 2.04. The van der Waals surface area contributed by atoms with Crippen molar-refractivity contribution < 1.29 is 9.12 Å². The van der Waals surface area contributed by atoms with Crippen LogP contribution < -0.4 is 0 Å². The summed E-state index contributed by atoms with van der Waals surface area (Å²) in [6, 6.07) is 3.96. The van der Waals surface area contributed by atoms with Gasteiger partial charge in [-0.25, -0.2) is 0 Å². The summed E-state index contributed by atoms with van der Waals surface area (Å²) >= 11 is 0. The molecule has 1 aromatic heterocycles. The Bertz CT molecular complexity index is 146. The molecular weight excluding hydrogens is 131 g/mol. The van der Waals surface area contributed by atoms with Gasteiger partial charge in [-0.1, -0.05) is 13.3 Å². The average Bonchev–Trinajstić information content (AvgIpc) is 2.34. The highest BCUT2D eigenvalue weighted by atomic mass is 19.0. The van der Waals surface area contributed by atoms with Crippen LogP contribution in [-0.2, 0) is 6.42 Å².